The maximum absolute atomic E-state index is 8.96. The van der Waals surface area contributed by atoms with Crippen LogP contribution >= 0.6 is 0 Å². The van der Waals surface area contributed by atoms with Gasteiger partial charge in [0.25, 0.3) is 0 Å². The van der Waals surface area contributed by atoms with Crippen molar-refractivity contribution in [3.8, 4) is 6.07 Å². The molecule has 0 radical (unpaired) electrons. The van der Waals surface area contributed by atoms with Crippen LogP contribution in [0.15, 0.2) is 24.3 Å². The number of nitrogens with zero attached hydrogens (tertiary/aromatic N) is 1. The van der Waals surface area contributed by atoms with E-state index in [2.05, 4.69) is 31.3 Å². The molecule has 1 fully saturated rings. The third-order valence-electron chi connectivity index (χ3n) is 4.59. The number of nitriles is 1. The Morgan fingerprint density at radius 1 is 1.53 bits per heavy atom. The molecule has 2 nitrogen and oxygen atoms in total. The Hall–Kier alpha value is -1.33. The summed E-state index contributed by atoms with van der Waals surface area (Å²) in [6.07, 6.45) is 2.34. The first-order valence-electron chi connectivity index (χ1n) is 6.33. The molecule has 3 atom stereocenters. The van der Waals surface area contributed by atoms with Crippen LogP contribution in [-0.2, 0) is 0 Å². The normalized spacial score (nSPS) is 31.6. The topological polar surface area (TPSA) is 35.8 Å². The highest BCUT2D eigenvalue weighted by atomic mass is 14.9. The molecule has 0 amide bonds. The largest absolute Gasteiger partial charge is 0.316 e. The summed E-state index contributed by atoms with van der Waals surface area (Å²) >= 11 is 0. The van der Waals surface area contributed by atoms with Gasteiger partial charge in [-0.3, -0.25) is 0 Å². The van der Waals surface area contributed by atoms with E-state index in [1.54, 1.807) is 0 Å². The SMILES string of the molecule is CCC1(C)C(NC)CC1c1cccc(C#N)c1. The molecule has 0 bridgehead atoms. The molecule has 1 aromatic rings. The lowest BCUT2D eigenvalue weighted by molar-refractivity contribution is 0.0495. The third-order valence-corrected chi connectivity index (χ3v) is 4.59. The predicted octanol–water partition coefficient (Wildman–Crippen LogP) is 3.05. The number of hydrogen-bond donors (Lipinski definition) is 1. The van der Waals surface area contributed by atoms with Crippen LogP contribution in [0, 0.1) is 16.7 Å². The zero-order valence-corrected chi connectivity index (χ0v) is 10.8. The lowest BCUT2D eigenvalue weighted by Crippen LogP contribution is -2.55. The van der Waals surface area contributed by atoms with Gasteiger partial charge in [0, 0.05) is 6.04 Å². The number of rotatable bonds is 3. The summed E-state index contributed by atoms with van der Waals surface area (Å²) in [6.45, 7) is 4.60. The first-order chi connectivity index (χ1) is 8.15. The highest BCUT2D eigenvalue weighted by molar-refractivity contribution is 5.37. The molecule has 1 aliphatic rings. The predicted molar refractivity (Wildman–Crippen MR) is 69.8 cm³/mol. The molecule has 1 saturated carbocycles. The Labute approximate surface area is 104 Å². The Kier molecular flexibility index (Phi) is 3.22. The number of benzene rings is 1. The van der Waals surface area contributed by atoms with Crippen molar-refractivity contribution >= 4 is 0 Å². The van der Waals surface area contributed by atoms with E-state index >= 15 is 0 Å². The van der Waals surface area contributed by atoms with E-state index in [-0.39, 0.29) is 0 Å². The second kappa shape index (κ2) is 4.50. The van der Waals surface area contributed by atoms with Crippen LogP contribution < -0.4 is 5.32 Å². The third kappa shape index (κ3) is 1.85. The minimum atomic E-state index is 0.322. The van der Waals surface area contributed by atoms with Gasteiger partial charge in [0.1, 0.15) is 0 Å². The first kappa shape index (κ1) is 12.1. The van der Waals surface area contributed by atoms with Gasteiger partial charge < -0.3 is 5.32 Å². The Balaban J connectivity index is 2.27. The Morgan fingerprint density at radius 2 is 2.29 bits per heavy atom. The van der Waals surface area contributed by atoms with Gasteiger partial charge in [0.05, 0.1) is 11.6 Å². The monoisotopic (exact) mass is 228 g/mol. The molecule has 0 saturated heterocycles. The fourth-order valence-corrected chi connectivity index (χ4v) is 3.14. The van der Waals surface area contributed by atoms with Crippen molar-refractivity contribution in [2.75, 3.05) is 7.05 Å². The van der Waals surface area contributed by atoms with Gasteiger partial charge in [0.15, 0.2) is 0 Å². The highest BCUT2D eigenvalue weighted by Crippen LogP contribution is 2.54. The summed E-state index contributed by atoms with van der Waals surface area (Å²) in [5, 5.41) is 12.4. The van der Waals surface area contributed by atoms with Crippen LogP contribution in [0.2, 0.25) is 0 Å². The van der Waals surface area contributed by atoms with E-state index in [0.29, 0.717) is 17.4 Å². The lowest BCUT2D eigenvalue weighted by Gasteiger charge is -2.54. The van der Waals surface area contributed by atoms with Crippen LogP contribution in [0.4, 0.5) is 0 Å². The number of hydrogen-bond acceptors (Lipinski definition) is 2. The van der Waals surface area contributed by atoms with Crippen molar-refractivity contribution in [3.63, 3.8) is 0 Å². The molecule has 2 rings (SSSR count). The molecule has 17 heavy (non-hydrogen) atoms. The van der Waals surface area contributed by atoms with Crippen molar-refractivity contribution in [2.45, 2.75) is 38.6 Å². The van der Waals surface area contributed by atoms with Gasteiger partial charge >= 0.3 is 0 Å². The molecule has 1 aliphatic carbocycles. The average Bonchev–Trinajstić information content (AvgIpc) is 2.37. The quantitative estimate of drug-likeness (QED) is 0.863. The van der Waals surface area contributed by atoms with Gasteiger partial charge in [-0.15, -0.1) is 0 Å². The zero-order valence-electron chi connectivity index (χ0n) is 10.8. The van der Waals surface area contributed by atoms with E-state index in [0.717, 1.165) is 5.56 Å². The van der Waals surface area contributed by atoms with E-state index in [9.17, 15) is 0 Å². The minimum absolute atomic E-state index is 0.322. The van der Waals surface area contributed by atoms with Gasteiger partial charge in [0.2, 0.25) is 0 Å². The smallest absolute Gasteiger partial charge is 0.0991 e. The zero-order chi connectivity index (χ0) is 12.5. The standard InChI is InChI=1S/C15H20N2/c1-4-15(2)13(9-14(15)17-3)12-7-5-6-11(8-12)10-16/h5-8,13-14,17H,4,9H2,1-3H3. The van der Waals surface area contributed by atoms with Crippen LogP contribution in [-0.4, -0.2) is 13.1 Å². The molecule has 0 aromatic heterocycles. The van der Waals surface area contributed by atoms with Crippen LogP contribution in [0.25, 0.3) is 0 Å². The summed E-state index contributed by atoms with van der Waals surface area (Å²) in [5.41, 5.74) is 2.41. The van der Waals surface area contributed by atoms with E-state index < -0.39 is 0 Å². The van der Waals surface area contributed by atoms with Gasteiger partial charge in [-0.1, -0.05) is 26.0 Å². The fraction of sp³-hybridized carbons (Fsp3) is 0.533. The summed E-state index contributed by atoms with van der Waals surface area (Å²) in [6, 6.07) is 10.9. The van der Waals surface area contributed by atoms with E-state index in [4.69, 9.17) is 5.26 Å². The Morgan fingerprint density at radius 3 is 2.88 bits per heavy atom. The Bertz CT molecular complexity index is 446. The summed E-state index contributed by atoms with van der Waals surface area (Å²) < 4.78 is 0. The second-order valence-electron chi connectivity index (χ2n) is 5.23. The molecule has 0 aliphatic heterocycles. The van der Waals surface area contributed by atoms with Crippen molar-refractivity contribution in [2.24, 2.45) is 5.41 Å². The van der Waals surface area contributed by atoms with Gasteiger partial charge in [-0.2, -0.15) is 5.26 Å². The van der Waals surface area contributed by atoms with Crippen molar-refractivity contribution in [1.82, 2.24) is 5.32 Å². The molecule has 2 heteroatoms. The maximum Gasteiger partial charge on any atom is 0.0991 e. The lowest BCUT2D eigenvalue weighted by atomic mass is 9.54. The van der Waals surface area contributed by atoms with Crippen molar-refractivity contribution in [1.29, 1.82) is 5.26 Å². The van der Waals surface area contributed by atoms with Crippen molar-refractivity contribution in [3.05, 3.63) is 35.4 Å². The molecule has 90 valence electrons. The second-order valence-corrected chi connectivity index (χ2v) is 5.23. The van der Waals surface area contributed by atoms with Crippen LogP contribution in [0.5, 0.6) is 0 Å². The molecular formula is C15H20N2. The summed E-state index contributed by atoms with van der Waals surface area (Å²) in [4.78, 5) is 0. The maximum atomic E-state index is 8.96. The van der Waals surface area contributed by atoms with Crippen molar-refractivity contribution < 1.29 is 0 Å². The van der Waals surface area contributed by atoms with Crippen LogP contribution in [0.1, 0.15) is 43.7 Å². The summed E-state index contributed by atoms with van der Waals surface area (Å²) in [5.74, 6) is 0.582. The van der Waals surface area contributed by atoms with Crippen LogP contribution in [0.3, 0.4) is 0 Å². The molecular weight excluding hydrogens is 208 g/mol. The molecule has 0 spiro atoms. The van der Waals surface area contributed by atoms with Gasteiger partial charge in [-0.05, 0) is 48.9 Å². The summed E-state index contributed by atoms with van der Waals surface area (Å²) in [7, 11) is 2.04. The van der Waals surface area contributed by atoms with E-state index in [1.807, 2.05) is 25.2 Å². The molecule has 1 aromatic carbocycles. The first-order valence-corrected chi connectivity index (χ1v) is 6.33. The van der Waals surface area contributed by atoms with E-state index in [1.165, 1.54) is 18.4 Å². The fourth-order valence-electron chi connectivity index (χ4n) is 3.14. The van der Waals surface area contributed by atoms with Gasteiger partial charge in [-0.25, -0.2) is 0 Å². The number of nitrogens with one attached hydrogen (secondary N) is 1. The highest BCUT2D eigenvalue weighted by Gasteiger charge is 2.49. The molecule has 0 heterocycles. The average molecular weight is 228 g/mol. The molecule has 1 N–H and O–H groups in total. The minimum Gasteiger partial charge on any atom is -0.316 e. The molecule has 3 unspecified atom stereocenters.